The van der Waals surface area contributed by atoms with Crippen molar-refractivity contribution in [2.45, 2.75) is 12.5 Å². The first-order valence-corrected chi connectivity index (χ1v) is 5.72. The molecule has 10 heteroatoms. The molecule has 21 heavy (non-hydrogen) atoms. The standard InChI is InChI=1S/C11H24N3O3.3ClH.Ti/c1-13-7-9(15-3)12-6-10(16-4)14(2)8-11(13)17-5;;;;/h9,11-12H,6-8H2,1-5H3;3*1H;/q-1;;;;+4/p-3. The van der Waals surface area contributed by atoms with E-state index < -0.39 is 0 Å². The van der Waals surface area contributed by atoms with Gasteiger partial charge in [-0.15, -0.1) is 6.23 Å². The van der Waals surface area contributed by atoms with Gasteiger partial charge in [0.15, 0.2) is 0 Å². The first-order valence-electron chi connectivity index (χ1n) is 5.72. The average Bonchev–Trinajstić information content (AvgIpc) is 2.39. The van der Waals surface area contributed by atoms with E-state index in [1.165, 1.54) is 0 Å². The molecule has 1 saturated heterocycles. The Morgan fingerprint density at radius 3 is 2.00 bits per heavy atom. The number of ether oxygens (including phenoxy) is 3. The van der Waals surface area contributed by atoms with Gasteiger partial charge in [0, 0.05) is 34.4 Å². The van der Waals surface area contributed by atoms with Crippen molar-refractivity contribution in [3.05, 3.63) is 6.23 Å². The third-order valence-electron chi connectivity index (χ3n) is 3.07. The molecule has 1 aliphatic heterocycles. The Labute approximate surface area is 161 Å². The topological polar surface area (TPSA) is 46.2 Å². The molecular weight excluding hydrogens is 376 g/mol. The third-order valence-corrected chi connectivity index (χ3v) is 3.07. The summed E-state index contributed by atoms with van der Waals surface area (Å²) in [5.74, 6) is 0. The molecule has 0 aromatic heterocycles. The molecule has 0 spiro atoms. The van der Waals surface area contributed by atoms with Crippen molar-refractivity contribution in [3.63, 3.8) is 0 Å². The van der Waals surface area contributed by atoms with Crippen LogP contribution in [0.15, 0.2) is 0 Å². The predicted molar refractivity (Wildman–Crippen MR) is 65.1 cm³/mol. The monoisotopic (exact) mass is 399 g/mol. The van der Waals surface area contributed by atoms with Crippen LogP contribution < -0.4 is 42.5 Å². The molecule has 0 radical (unpaired) electrons. The fourth-order valence-electron chi connectivity index (χ4n) is 1.90. The number of likely N-dealkylation sites (N-methyl/N-ethyl adjacent to an activating group) is 2. The van der Waals surface area contributed by atoms with E-state index >= 15 is 0 Å². The molecule has 0 aliphatic carbocycles. The summed E-state index contributed by atoms with van der Waals surface area (Å²) in [7, 11) is 9.11. The average molecular weight is 401 g/mol. The van der Waals surface area contributed by atoms with Gasteiger partial charge in [-0.25, -0.2) is 0 Å². The van der Waals surface area contributed by atoms with Gasteiger partial charge in [-0.1, -0.05) is 6.54 Å². The molecule has 6 nitrogen and oxygen atoms in total. The Kier molecular flexibility index (Phi) is 23.4. The van der Waals surface area contributed by atoms with Gasteiger partial charge < -0.3 is 61.6 Å². The van der Waals surface area contributed by atoms with Gasteiger partial charge >= 0.3 is 21.7 Å². The molecule has 0 amide bonds. The van der Waals surface area contributed by atoms with Crippen molar-refractivity contribution in [1.82, 2.24) is 15.1 Å². The number of rotatable bonds is 3. The predicted octanol–water partition coefficient (Wildman–Crippen LogP) is -9.46. The van der Waals surface area contributed by atoms with Crippen LogP contribution in [0.5, 0.6) is 0 Å². The van der Waals surface area contributed by atoms with E-state index in [1.807, 2.05) is 14.1 Å². The summed E-state index contributed by atoms with van der Waals surface area (Å²) in [4.78, 5) is 4.17. The van der Waals surface area contributed by atoms with Gasteiger partial charge in [-0.3, -0.25) is 4.90 Å². The third kappa shape index (κ3) is 9.94. The summed E-state index contributed by atoms with van der Waals surface area (Å²) in [5, 5.41) is 3.29. The van der Waals surface area contributed by atoms with E-state index in [1.54, 1.807) is 21.3 Å². The summed E-state index contributed by atoms with van der Waals surface area (Å²) in [6.07, 6.45) is 0.862. The maximum atomic E-state index is 5.48. The molecule has 0 saturated carbocycles. The van der Waals surface area contributed by atoms with Gasteiger partial charge in [0.25, 0.3) is 0 Å². The molecule has 0 aromatic carbocycles. The molecule has 0 aromatic rings. The smallest absolute Gasteiger partial charge is 1.00 e. The van der Waals surface area contributed by atoms with E-state index in [4.69, 9.17) is 14.2 Å². The maximum absolute atomic E-state index is 5.48. The molecular formula is C11H24Cl3N3O3Ti. The molecule has 1 aliphatic rings. The zero-order valence-electron chi connectivity index (χ0n) is 13.0. The Morgan fingerprint density at radius 1 is 1.00 bits per heavy atom. The van der Waals surface area contributed by atoms with Gasteiger partial charge in [-0.2, -0.15) is 0 Å². The van der Waals surface area contributed by atoms with Crippen LogP contribution in [0.1, 0.15) is 0 Å². The van der Waals surface area contributed by atoms with E-state index in [0.717, 1.165) is 19.3 Å². The Morgan fingerprint density at radius 2 is 1.57 bits per heavy atom. The Hall–Kier alpha value is 1.34. The number of hydrogen-bond acceptors (Lipinski definition) is 6. The first kappa shape index (κ1) is 30.3. The van der Waals surface area contributed by atoms with Crippen LogP contribution in [0.25, 0.3) is 0 Å². The van der Waals surface area contributed by atoms with Crippen LogP contribution in [0.2, 0.25) is 0 Å². The first-order chi connectivity index (χ1) is 8.12. The minimum Gasteiger partial charge on any atom is -1.00 e. The summed E-state index contributed by atoms with van der Waals surface area (Å²) < 4.78 is 16.2. The SMILES string of the molecule is CO[C-]1CNC(OC)CN(C)C(OC)CN1C.[Cl-].[Cl-].[Cl-].[Ti+4]. The second-order valence-electron chi connectivity index (χ2n) is 4.21. The van der Waals surface area contributed by atoms with Crippen molar-refractivity contribution in [2.75, 3.05) is 55.1 Å². The van der Waals surface area contributed by atoms with Crippen LogP contribution in [-0.4, -0.2) is 77.3 Å². The number of methoxy groups -OCH3 is 3. The fraction of sp³-hybridized carbons (Fsp3) is 0.909. The normalized spacial score (nSPS) is 25.0. The van der Waals surface area contributed by atoms with Crippen molar-refractivity contribution in [1.29, 1.82) is 0 Å². The van der Waals surface area contributed by atoms with Crippen LogP contribution in [0, 0.1) is 6.23 Å². The summed E-state index contributed by atoms with van der Waals surface area (Å²) >= 11 is 0. The molecule has 0 bridgehead atoms. The quantitative estimate of drug-likeness (QED) is 0.375. The molecule has 1 fully saturated rings. The molecule has 1 heterocycles. The van der Waals surface area contributed by atoms with Crippen LogP contribution in [-0.2, 0) is 35.9 Å². The van der Waals surface area contributed by atoms with E-state index in [9.17, 15) is 0 Å². The van der Waals surface area contributed by atoms with Crippen molar-refractivity contribution >= 4 is 0 Å². The van der Waals surface area contributed by atoms with Gasteiger partial charge in [0.2, 0.25) is 0 Å². The van der Waals surface area contributed by atoms with Gasteiger partial charge in [-0.05, 0) is 14.1 Å². The van der Waals surface area contributed by atoms with Crippen molar-refractivity contribution < 1.29 is 73.1 Å². The number of nitrogens with zero attached hydrogens (tertiary/aromatic N) is 2. The van der Waals surface area contributed by atoms with E-state index in [2.05, 4.69) is 15.1 Å². The van der Waals surface area contributed by atoms with Crippen molar-refractivity contribution in [3.8, 4) is 0 Å². The zero-order chi connectivity index (χ0) is 12.8. The summed E-state index contributed by atoms with van der Waals surface area (Å²) in [6.45, 7) is 2.17. The Bertz CT molecular complexity index is 236. The van der Waals surface area contributed by atoms with E-state index in [0.29, 0.717) is 6.54 Å². The van der Waals surface area contributed by atoms with E-state index in [-0.39, 0.29) is 71.4 Å². The summed E-state index contributed by atoms with van der Waals surface area (Å²) in [5.41, 5.74) is 0. The zero-order valence-corrected chi connectivity index (χ0v) is 16.9. The van der Waals surface area contributed by atoms with Gasteiger partial charge in [0.05, 0.1) is 0 Å². The van der Waals surface area contributed by atoms with Gasteiger partial charge in [0.1, 0.15) is 12.5 Å². The second-order valence-corrected chi connectivity index (χ2v) is 4.21. The van der Waals surface area contributed by atoms with Crippen LogP contribution in [0.4, 0.5) is 0 Å². The molecule has 126 valence electrons. The minimum atomic E-state index is -0.0331. The number of nitrogens with one attached hydrogen (secondary N) is 1. The molecule has 2 unspecified atom stereocenters. The Balaban J connectivity index is -0.000000361. The van der Waals surface area contributed by atoms with Crippen LogP contribution in [0.3, 0.4) is 0 Å². The van der Waals surface area contributed by atoms with Crippen LogP contribution >= 0.6 is 0 Å². The molecule has 1 N–H and O–H groups in total. The maximum Gasteiger partial charge on any atom is 4.00 e. The molecule has 2 atom stereocenters. The largest absolute Gasteiger partial charge is 4.00 e. The minimum absolute atomic E-state index is 0. The number of halogens is 3. The fourth-order valence-corrected chi connectivity index (χ4v) is 1.90. The number of hydrogen-bond donors (Lipinski definition) is 1. The van der Waals surface area contributed by atoms with Crippen molar-refractivity contribution in [2.24, 2.45) is 0 Å². The second kappa shape index (κ2) is 16.2. The molecule has 1 rings (SSSR count). The summed E-state index contributed by atoms with van der Waals surface area (Å²) in [6, 6.07) is 0.